The number of nitriles is 1. The zero-order valence-electron chi connectivity index (χ0n) is 12.2. The van der Waals surface area contributed by atoms with Crippen LogP contribution in [-0.4, -0.2) is 14.7 Å². The summed E-state index contributed by atoms with van der Waals surface area (Å²) in [4.78, 5) is 10.8. The van der Waals surface area contributed by atoms with Crippen molar-refractivity contribution in [3.63, 3.8) is 0 Å². The Balaban J connectivity index is 2.38. The maximum atomic E-state index is 11.2. The lowest BCUT2D eigenvalue weighted by Crippen LogP contribution is -2.04. The molecule has 1 aromatic heterocycles. The van der Waals surface area contributed by atoms with E-state index in [2.05, 4.69) is 11.2 Å². The maximum absolute atomic E-state index is 11.2. The molecule has 0 N–H and O–H groups in total. The second-order valence-corrected chi connectivity index (χ2v) is 5.20. The molecule has 0 radical (unpaired) electrons. The summed E-state index contributed by atoms with van der Waals surface area (Å²) >= 11 is 0. The highest BCUT2D eigenvalue weighted by Gasteiger charge is 2.26. The van der Waals surface area contributed by atoms with Crippen LogP contribution < -0.4 is 0 Å². The Hall–Kier alpha value is -2.68. The molecule has 21 heavy (non-hydrogen) atoms. The molecule has 1 aromatic carbocycles. The molecule has 0 atom stereocenters. The van der Waals surface area contributed by atoms with Crippen molar-refractivity contribution in [3.8, 4) is 6.07 Å². The zero-order valence-corrected chi connectivity index (χ0v) is 12.2. The van der Waals surface area contributed by atoms with Crippen LogP contribution in [0.4, 0.5) is 5.69 Å². The second-order valence-electron chi connectivity index (χ2n) is 5.20. The molecule has 0 aliphatic rings. The predicted molar refractivity (Wildman–Crippen MR) is 78.0 cm³/mol. The van der Waals surface area contributed by atoms with E-state index in [0.29, 0.717) is 23.5 Å². The Morgan fingerprint density at radius 3 is 2.43 bits per heavy atom. The fraction of sp³-hybridized carbons (Fsp3) is 0.333. The van der Waals surface area contributed by atoms with Crippen molar-refractivity contribution in [2.45, 2.75) is 33.2 Å². The van der Waals surface area contributed by atoms with E-state index in [1.807, 2.05) is 26.0 Å². The van der Waals surface area contributed by atoms with Crippen molar-refractivity contribution in [3.05, 3.63) is 56.9 Å². The maximum Gasteiger partial charge on any atom is 0.313 e. The Morgan fingerprint density at radius 1 is 1.38 bits per heavy atom. The summed E-state index contributed by atoms with van der Waals surface area (Å²) in [5.41, 5.74) is 2.69. The molecular formula is C15H16N4O2. The molecule has 2 aromatic rings. The number of aromatic nitrogens is 2. The van der Waals surface area contributed by atoms with Gasteiger partial charge in [-0.2, -0.15) is 10.4 Å². The first kappa shape index (κ1) is 14.7. The Morgan fingerprint density at radius 2 is 2.00 bits per heavy atom. The molecule has 0 aliphatic heterocycles. The van der Waals surface area contributed by atoms with E-state index in [-0.39, 0.29) is 16.5 Å². The number of nitro groups is 1. The van der Waals surface area contributed by atoms with Crippen LogP contribution in [-0.2, 0) is 6.54 Å². The normalized spacial score (nSPS) is 10.6. The van der Waals surface area contributed by atoms with E-state index >= 15 is 0 Å². The molecule has 0 saturated heterocycles. The quantitative estimate of drug-likeness (QED) is 0.637. The lowest BCUT2D eigenvalue weighted by molar-refractivity contribution is -0.386. The van der Waals surface area contributed by atoms with Crippen LogP contribution >= 0.6 is 0 Å². The molecule has 6 nitrogen and oxygen atoms in total. The predicted octanol–water partition coefficient (Wildman–Crippen LogP) is 3.14. The van der Waals surface area contributed by atoms with E-state index in [1.165, 1.54) is 0 Å². The molecule has 108 valence electrons. The molecule has 0 aliphatic carbocycles. The topological polar surface area (TPSA) is 84.8 Å². The highest BCUT2D eigenvalue weighted by Crippen LogP contribution is 2.29. The number of nitrogens with zero attached hydrogens (tertiary/aromatic N) is 4. The summed E-state index contributed by atoms with van der Waals surface area (Å²) in [5.74, 6) is -0.00804. The van der Waals surface area contributed by atoms with Gasteiger partial charge in [0.25, 0.3) is 0 Å². The standard InChI is InChI=1S/C15H16N4O2/c1-10(2)14-15(19(20)21)11(3)18(17-14)9-13-6-4-12(8-16)5-7-13/h4-7,10H,9H2,1-3H3. The average Bonchev–Trinajstić information content (AvgIpc) is 2.77. The van der Waals surface area contributed by atoms with Gasteiger partial charge >= 0.3 is 5.69 Å². The third-order valence-corrected chi connectivity index (χ3v) is 3.35. The first-order valence-corrected chi connectivity index (χ1v) is 6.64. The highest BCUT2D eigenvalue weighted by atomic mass is 16.6. The smallest absolute Gasteiger partial charge is 0.258 e. The lowest BCUT2D eigenvalue weighted by atomic mass is 10.1. The van der Waals surface area contributed by atoms with Crippen molar-refractivity contribution in [1.82, 2.24) is 9.78 Å². The fourth-order valence-corrected chi connectivity index (χ4v) is 2.19. The second kappa shape index (κ2) is 5.75. The molecule has 0 amide bonds. The Kier molecular flexibility index (Phi) is 4.03. The van der Waals surface area contributed by atoms with Gasteiger partial charge in [-0.15, -0.1) is 0 Å². The van der Waals surface area contributed by atoms with Gasteiger partial charge in [0.05, 0.1) is 23.1 Å². The van der Waals surface area contributed by atoms with Crippen molar-refractivity contribution >= 4 is 5.69 Å². The third kappa shape index (κ3) is 2.92. The first-order chi connectivity index (χ1) is 9.93. The fourth-order valence-electron chi connectivity index (χ4n) is 2.19. The molecule has 0 bridgehead atoms. The van der Waals surface area contributed by atoms with Crippen molar-refractivity contribution in [1.29, 1.82) is 5.26 Å². The van der Waals surface area contributed by atoms with Crippen LogP contribution in [0.5, 0.6) is 0 Å². The largest absolute Gasteiger partial charge is 0.313 e. The van der Waals surface area contributed by atoms with Crippen LogP contribution in [0.1, 0.15) is 42.3 Å². The first-order valence-electron chi connectivity index (χ1n) is 6.64. The summed E-state index contributed by atoms with van der Waals surface area (Å²) in [5, 5.41) is 24.4. The SMILES string of the molecule is Cc1c([N+](=O)[O-])c(C(C)C)nn1Cc1ccc(C#N)cc1. The van der Waals surface area contributed by atoms with E-state index in [9.17, 15) is 10.1 Å². The molecule has 0 unspecified atom stereocenters. The van der Waals surface area contributed by atoms with Gasteiger partial charge in [0.15, 0.2) is 0 Å². The molecular weight excluding hydrogens is 268 g/mol. The molecule has 0 saturated carbocycles. The van der Waals surface area contributed by atoms with E-state index in [1.54, 1.807) is 23.7 Å². The van der Waals surface area contributed by atoms with Gasteiger partial charge < -0.3 is 0 Å². The van der Waals surface area contributed by atoms with E-state index in [0.717, 1.165) is 5.56 Å². The van der Waals surface area contributed by atoms with Crippen LogP contribution in [0.15, 0.2) is 24.3 Å². The number of hydrogen-bond acceptors (Lipinski definition) is 4. The molecule has 0 fully saturated rings. The lowest BCUT2D eigenvalue weighted by Gasteiger charge is -2.04. The number of rotatable bonds is 4. The summed E-state index contributed by atoms with van der Waals surface area (Å²) < 4.78 is 1.65. The Labute approximate surface area is 122 Å². The van der Waals surface area contributed by atoms with E-state index < -0.39 is 0 Å². The van der Waals surface area contributed by atoms with Gasteiger partial charge in [-0.3, -0.25) is 14.8 Å². The summed E-state index contributed by atoms with van der Waals surface area (Å²) in [6, 6.07) is 9.18. The monoisotopic (exact) mass is 284 g/mol. The zero-order chi connectivity index (χ0) is 15.6. The van der Waals surface area contributed by atoms with Crippen molar-refractivity contribution < 1.29 is 4.92 Å². The van der Waals surface area contributed by atoms with Gasteiger partial charge in [0.1, 0.15) is 11.4 Å². The molecule has 0 spiro atoms. The van der Waals surface area contributed by atoms with Gasteiger partial charge in [-0.1, -0.05) is 26.0 Å². The minimum atomic E-state index is -0.368. The van der Waals surface area contributed by atoms with Crippen molar-refractivity contribution in [2.75, 3.05) is 0 Å². The van der Waals surface area contributed by atoms with Crippen LogP contribution in [0, 0.1) is 28.4 Å². The minimum Gasteiger partial charge on any atom is -0.258 e. The van der Waals surface area contributed by atoms with Gasteiger partial charge in [0, 0.05) is 5.92 Å². The minimum absolute atomic E-state index is 0.00804. The van der Waals surface area contributed by atoms with Crippen LogP contribution in [0.25, 0.3) is 0 Å². The summed E-state index contributed by atoms with van der Waals surface area (Å²) in [6.45, 7) is 5.94. The van der Waals surface area contributed by atoms with Gasteiger partial charge in [-0.25, -0.2) is 0 Å². The van der Waals surface area contributed by atoms with Gasteiger partial charge in [0.2, 0.25) is 0 Å². The summed E-state index contributed by atoms with van der Waals surface area (Å²) in [6.07, 6.45) is 0. The molecule has 1 heterocycles. The third-order valence-electron chi connectivity index (χ3n) is 3.35. The number of benzene rings is 1. The Bertz CT molecular complexity index is 709. The molecule has 6 heteroatoms. The highest BCUT2D eigenvalue weighted by molar-refractivity contribution is 5.42. The molecule has 2 rings (SSSR count). The van der Waals surface area contributed by atoms with Crippen LogP contribution in [0.2, 0.25) is 0 Å². The van der Waals surface area contributed by atoms with Crippen LogP contribution in [0.3, 0.4) is 0 Å². The van der Waals surface area contributed by atoms with E-state index in [4.69, 9.17) is 5.26 Å². The van der Waals surface area contributed by atoms with Gasteiger partial charge in [-0.05, 0) is 24.6 Å². The summed E-state index contributed by atoms with van der Waals surface area (Å²) in [7, 11) is 0. The number of hydrogen-bond donors (Lipinski definition) is 0. The van der Waals surface area contributed by atoms with Crippen molar-refractivity contribution in [2.24, 2.45) is 0 Å². The average molecular weight is 284 g/mol.